The van der Waals surface area contributed by atoms with Gasteiger partial charge in [0.25, 0.3) is 5.91 Å². The Labute approximate surface area is 179 Å². The van der Waals surface area contributed by atoms with Gasteiger partial charge in [-0.05, 0) is 36.4 Å². The molecule has 1 heterocycles. The molecule has 1 aromatic heterocycles. The minimum absolute atomic E-state index is 0.191. The molecule has 3 aromatic carbocycles. The van der Waals surface area contributed by atoms with Gasteiger partial charge in [0.05, 0.1) is 38.3 Å². The molecule has 0 radical (unpaired) electrons. The zero-order valence-corrected chi connectivity index (χ0v) is 17.3. The van der Waals surface area contributed by atoms with Gasteiger partial charge in [-0.2, -0.15) is 0 Å². The SMILES string of the molecule is COc1ccc(C(=O)NCc2nc3ccccc3n2Cc2ccccc2F)cc1OC. The molecule has 0 bridgehead atoms. The molecular formula is C24H22FN3O3. The molecule has 4 aromatic rings. The number of hydrogen-bond donors (Lipinski definition) is 1. The van der Waals surface area contributed by atoms with Gasteiger partial charge < -0.3 is 19.4 Å². The van der Waals surface area contributed by atoms with Gasteiger partial charge in [0.1, 0.15) is 11.6 Å². The molecule has 0 spiro atoms. The lowest BCUT2D eigenvalue weighted by Gasteiger charge is -2.12. The maximum absolute atomic E-state index is 14.3. The first-order valence-electron chi connectivity index (χ1n) is 9.78. The van der Waals surface area contributed by atoms with Crippen LogP contribution in [0.25, 0.3) is 11.0 Å². The van der Waals surface area contributed by atoms with Crippen LogP contribution in [0.15, 0.2) is 66.7 Å². The van der Waals surface area contributed by atoms with E-state index >= 15 is 0 Å². The Kier molecular flexibility index (Phi) is 5.84. The summed E-state index contributed by atoms with van der Waals surface area (Å²) in [5.74, 6) is 1.11. The van der Waals surface area contributed by atoms with Gasteiger partial charge in [0.2, 0.25) is 0 Å². The number of nitrogens with one attached hydrogen (secondary N) is 1. The highest BCUT2D eigenvalue weighted by atomic mass is 19.1. The van der Waals surface area contributed by atoms with Crippen molar-refractivity contribution >= 4 is 16.9 Å². The Morgan fingerprint density at radius 2 is 1.74 bits per heavy atom. The van der Waals surface area contributed by atoms with Crippen LogP contribution in [0.4, 0.5) is 4.39 Å². The predicted octanol–water partition coefficient (Wildman–Crippen LogP) is 4.17. The molecule has 1 N–H and O–H groups in total. The fourth-order valence-corrected chi connectivity index (χ4v) is 3.47. The molecule has 0 unspecified atom stereocenters. The van der Waals surface area contributed by atoms with Crippen LogP contribution in [0.5, 0.6) is 11.5 Å². The van der Waals surface area contributed by atoms with Crippen molar-refractivity contribution < 1.29 is 18.7 Å². The number of fused-ring (bicyclic) bond motifs is 1. The first-order valence-corrected chi connectivity index (χ1v) is 9.78. The fourth-order valence-electron chi connectivity index (χ4n) is 3.47. The third-order valence-corrected chi connectivity index (χ3v) is 5.07. The van der Waals surface area contributed by atoms with Crippen LogP contribution in [0.1, 0.15) is 21.7 Å². The van der Waals surface area contributed by atoms with Crippen molar-refractivity contribution in [3.63, 3.8) is 0 Å². The van der Waals surface area contributed by atoms with Crippen molar-refractivity contribution in [2.75, 3.05) is 14.2 Å². The average molecular weight is 419 g/mol. The molecule has 0 aliphatic carbocycles. The Hall–Kier alpha value is -3.87. The standard InChI is InChI=1S/C24H22FN3O3/c1-30-21-12-11-16(13-22(21)31-2)24(29)26-14-23-27-19-9-5-6-10-20(19)28(23)15-17-7-3-4-8-18(17)25/h3-13H,14-15H2,1-2H3,(H,26,29). The van der Waals surface area contributed by atoms with E-state index in [9.17, 15) is 9.18 Å². The van der Waals surface area contributed by atoms with E-state index < -0.39 is 0 Å². The van der Waals surface area contributed by atoms with Crippen molar-refractivity contribution in [1.29, 1.82) is 0 Å². The summed E-state index contributed by atoms with van der Waals surface area (Å²) < 4.78 is 26.7. The minimum Gasteiger partial charge on any atom is -0.493 e. The molecule has 0 aliphatic heterocycles. The molecule has 31 heavy (non-hydrogen) atoms. The number of para-hydroxylation sites is 2. The molecule has 0 aliphatic rings. The van der Waals surface area contributed by atoms with E-state index in [2.05, 4.69) is 10.3 Å². The first kappa shape index (κ1) is 20.4. The number of methoxy groups -OCH3 is 2. The largest absolute Gasteiger partial charge is 0.493 e. The van der Waals surface area contributed by atoms with E-state index in [1.54, 1.807) is 36.4 Å². The van der Waals surface area contributed by atoms with Gasteiger partial charge in [-0.3, -0.25) is 4.79 Å². The molecule has 1 amide bonds. The number of amides is 1. The van der Waals surface area contributed by atoms with Crippen molar-refractivity contribution in [3.8, 4) is 11.5 Å². The van der Waals surface area contributed by atoms with Gasteiger partial charge in [-0.15, -0.1) is 0 Å². The number of hydrogen-bond acceptors (Lipinski definition) is 4. The number of halogens is 1. The second-order valence-corrected chi connectivity index (χ2v) is 6.95. The third-order valence-electron chi connectivity index (χ3n) is 5.07. The van der Waals surface area contributed by atoms with Gasteiger partial charge in [-0.1, -0.05) is 30.3 Å². The molecule has 0 saturated carbocycles. The Morgan fingerprint density at radius 3 is 2.52 bits per heavy atom. The summed E-state index contributed by atoms with van der Waals surface area (Å²) in [4.78, 5) is 17.4. The van der Waals surface area contributed by atoms with E-state index in [-0.39, 0.29) is 18.3 Å². The molecule has 4 rings (SSSR count). The Balaban J connectivity index is 1.60. The smallest absolute Gasteiger partial charge is 0.251 e. The Bertz CT molecular complexity index is 1240. The summed E-state index contributed by atoms with van der Waals surface area (Å²) >= 11 is 0. The summed E-state index contributed by atoms with van der Waals surface area (Å²) in [7, 11) is 3.06. The zero-order chi connectivity index (χ0) is 21.8. The van der Waals surface area contributed by atoms with Crippen molar-refractivity contribution in [2.24, 2.45) is 0 Å². The number of carbonyl (C=O) groups excluding carboxylic acids is 1. The molecule has 7 heteroatoms. The molecular weight excluding hydrogens is 397 g/mol. The average Bonchev–Trinajstić information content (AvgIpc) is 3.15. The van der Waals surface area contributed by atoms with Crippen molar-refractivity contribution in [2.45, 2.75) is 13.1 Å². The highest BCUT2D eigenvalue weighted by molar-refractivity contribution is 5.94. The number of nitrogens with zero attached hydrogens (tertiary/aromatic N) is 2. The van der Waals surface area contributed by atoms with Crippen LogP contribution in [-0.4, -0.2) is 29.7 Å². The van der Waals surface area contributed by atoms with Crippen LogP contribution in [-0.2, 0) is 13.1 Å². The summed E-state index contributed by atoms with van der Waals surface area (Å²) in [5.41, 5.74) is 2.66. The molecule has 0 fully saturated rings. The van der Waals surface area contributed by atoms with Crippen LogP contribution < -0.4 is 14.8 Å². The lowest BCUT2D eigenvalue weighted by molar-refractivity contribution is 0.0949. The Morgan fingerprint density at radius 1 is 1.00 bits per heavy atom. The number of rotatable bonds is 7. The lowest BCUT2D eigenvalue weighted by atomic mass is 10.2. The number of aromatic nitrogens is 2. The maximum atomic E-state index is 14.3. The summed E-state index contributed by atoms with van der Waals surface area (Å²) in [6, 6.07) is 19.3. The third kappa shape index (κ3) is 4.21. The van der Waals surface area contributed by atoms with Crippen LogP contribution >= 0.6 is 0 Å². The van der Waals surface area contributed by atoms with E-state index in [0.29, 0.717) is 35.0 Å². The van der Waals surface area contributed by atoms with E-state index in [1.165, 1.54) is 20.3 Å². The maximum Gasteiger partial charge on any atom is 0.251 e. The van der Waals surface area contributed by atoms with E-state index in [1.807, 2.05) is 28.8 Å². The first-order chi connectivity index (χ1) is 15.1. The van der Waals surface area contributed by atoms with Gasteiger partial charge in [0, 0.05) is 11.1 Å². The highest BCUT2D eigenvalue weighted by Crippen LogP contribution is 2.27. The number of ether oxygens (including phenoxy) is 2. The van der Waals surface area contributed by atoms with Gasteiger partial charge in [-0.25, -0.2) is 9.37 Å². The van der Waals surface area contributed by atoms with Crippen LogP contribution in [0.2, 0.25) is 0 Å². The fraction of sp³-hybridized carbons (Fsp3) is 0.167. The topological polar surface area (TPSA) is 65.4 Å². The van der Waals surface area contributed by atoms with Crippen LogP contribution in [0, 0.1) is 5.82 Å². The lowest BCUT2D eigenvalue weighted by Crippen LogP contribution is -2.25. The molecule has 0 atom stereocenters. The van der Waals surface area contributed by atoms with E-state index in [4.69, 9.17) is 9.47 Å². The number of imidazole rings is 1. The molecule has 6 nitrogen and oxygen atoms in total. The number of carbonyl (C=O) groups is 1. The monoisotopic (exact) mass is 419 g/mol. The normalized spacial score (nSPS) is 10.8. The summed E-state index contributed by atoms with van der Waals surface area (Å²) in [6.45, 7) is 0.505. The highest BCUT2D eigenvalue weighted by Gasteiger charge is 2.15. The van der Waals surface area contributed by atoms with Crippen molar-refractivity contribution in [1.82, 2.24) is 14.9 Å². The zero-order valence-electron chi connectivity index (χ0n) is 17.3. The van der Waals surface area contributed by atoms with E-state index in [0.717, 1.165) is 11.0 Å². The molecule has 158 valence electrons. The predicted molar refractivity (Wildman–Crippen MR) is 116 cm³/mol. The van der Waals surface area contributed by atoms with Gasteiger partial charge in [0.15, 0.2) is 11.5 Å². The quantitative estimate of drug-likeness (QED) is 0.488. The second-order valence-electron chi connectivity index (χ2n) is 6.95. The molecule has 0 saturated heterocycles. The number of benzene rings is 3. The van der Waals surface area contributed by atoms with Crippen molar-refractivity contribution in [3.05, 3.63) is 89.5 Å². The summed E-state index contributed by atoms with van der Waals surface area (Å²) in [6.07, 6.45) is 0. The summed E-state index contributed by atoms with van der Waals surface area (Å²) in [5, 5.41) is 2.89. The second kappa shape index (κ2) is 8.87. The van der Waals surface area contributed by atoms with Crippen LogP contribution in [0.3, 0.4) is 0 Å². The van der Waals surface area contributed by atoms with Gasteiger partial charge >= 0.3 is 0 Å². The minimum atomic E-state index is -0.277.